The summed E-state index contributed by atoms with van der Waals surface area (Å²) >= 11 is 0. The van der Waals surface area contributed by atoms with Crippen molar-refractivity contribution in [3.05, 3.63) is 197 Å². The van der Waals surface area contributed by atoms with E-state index < -0.39 is 0 Å². The van der Waals surface area contributed by atoms with Gasteiger partial charge in [-0.1, -0.05) is 66.7 Å². The molecule has 0 radical (unpaired) electrons. The fraction of sp³-hybridized carbons (Fsp3) is 0.263. The van der Waals surface area contributed by atoms with Gasteiger partial charge >= 0.3 is 0 Å². The van der Waals surface area contributed by atoms with E-state index in [0.29, 0.717) is 46.0 Å². The number of rotatable bonds is 6. The summed E-state index contributed by atoms with van der Waals surface area (Å²) in [5.41, 5.74) is 15.9. The molecule has 5 aliphatic rings. The molecule has 0 amide bonds. The van der Waals surface area contributed by atoms with E-state index in [4.69, 9.17) is 24.2 Å². The molecule has 340 valence electrons. The first-order chi connectivity index (χ1) is 33.2. The zero-order chi connectivity index (χ0) is 45.3. The number of ether oxygens (including phenoxy) is 3. The summed E-state index contributed by atoms with van der Waals surface area (Å²) in [7, 11) is 0. The van der Waals surface area contributed by atoms with E-state index in [2.05, 4.69) is 158 Å². The molecule has 67 heavy (non-hydrogen) atoms. The van der Waals surface area contributed by atoms with Crippen LogP contribution in [0.15, 0.2) is 190 Å². The molecule has 0 spiro atoms. The Balaban J connectivity index is 1.05. The Kier molecular flexibility index (Phi) is 15.7. The molecule has 5 aromatic rings. The van der Waals surface area contributed by atoms with E-state index in [0.717, 1.165) is 120 Å². The van der Waals surface area contributed by atoms with Crippen molar-refractivity contribution in [2.24, 2.45) is 9.98 Å². The van der Waals surface area contributed by atoms with Crippen LogP contribution in [0.3, 0.4) is 0 Å². The summed E-state index contributed by atoms with van der Waals surface area (Å²) < 4.78 is 19.8. The number of nitrogens with zero attached hydrogens (tertiary/aromatic N) is 6. The van der Waals surface area contributed by atoms with E-state index >= 15 is 0 Å². The standard InChI is InChI=1S/C57H59N7O3/c1-2-12-46(11-1)41-59-51-21-25-53(26-22-51)63-33-31-61-30-29-58-43-48-15-5-8-18-55(48)65-38-35-62(36-39-66-56-19-9-6-16-49(56)44-63)37-40-67-57-20-10-7-17-50(57)45-64(34-32-61)54-27-23-52(24-28-54)60-42-47-13-3-4-14-47/h1-11,13,15-28,41-42,58H,29-40,43-45H2. The second kappa shape index (κ2) is 23.3. The average Bonchev–Trinajstić information content (AvgIpc) is 4.10. The van der Waals surface area contributed by atoms with Crippen LogP contribution in [-0.2, 0) is 19.6 Å². The van der Waals surface area contributed by atoms with Gasteiger partial charge in [-0.3, -0.25) is 19.8 Å². The van der Waals surface area contributed by atoms with E-state index in [-0.39, 0.29) is 0 Å². The molecular weight excluding hydrogens is 831 g/mol. The Morgan fingerprint density at radius 3 is 1.36 bits per heavy atom. The predicted octanol–water partition coefficient (Wildman–Crippen LogP) is 9.66. The van der Waals surface area contributed by atoms with E-state index in [1.54, 1.807) is 0 Å². The zero-order valence-corrected chi connectivity index (χ0v) is 38.2. The molecule has 0 fully saturated rings. The smallest absolute Gasteiger partial charge is 0.124 e. The highest BCUT2D eigenvalue weighted by Gasteiger charge is 2.19. The largest absolute Gasteiger partial charge is 0.492 e. The molecule has 10 heteroatoms. The molecule has 5 aromatic carbocycles. The minimum Gasteiger partial charge on any atom is -0.492 e. The molecule has 10 nitrogen and oxygen atoms in total. The van der Waals surface area contributed by atoms with Gasteiger partial charge in [0.05, 0.1) is 11.4 Å². The minimum atomic E-state index is 0.528. The van der Waals surface area contributed by atoms with Gasteiger partial charge in [0, 0.05) is 130 Å². The molecule has 3 heterocycles. The lowest BCUT2D eigenvalue weighted by Gasteiger charge is -2.33. The maximum Gasteiger partial charge on any atom is 0.124 e. The van der Waals surface area contributed by atoms with E-state index in [9.17, 15) is 0 Å². The lowest BCUT2D eigenvalue weighted by molar-refractivity contribution is 0.152. The van der Waals surface area contributed by atoms with Crippen LogP contribution < -0.4 is 29.3 Å². The molecule has 3 aliphatic heterocycles. The second-order valence-electron chi connectivity index (χ2n) is 16.9. The van der Waals surface area contributed by atoms with Gasteiger partial charge in [0.15, 0.2) is 0 Å². The number of fused-ring (bicyclic) bond motifs is 15. The minimum absolute atomic E-state index is 0.528. The molecule has 10 rings (SSSR count). The van der Waals surface area contributed by atoms with Crippen LogP contribution in [-0.4, -0.2) is 101 Å². The number of anilines is 2. The lowest BCUT2D eigenvalue weighted by atomic mass is 10.1. The summed E-state index contributed by atoms with van der Waals surface area (Å²) in [6.07, 6.45) is 15.5. The Morgan fingerprint density at radius 2 is 0.896 bits per heavy atom. The third kappa shape index (κ3) is 13.0. The lowest BCUT2D eigenvalue weighted by Crippen LogP contribution is -2.42. The van der Waals surface area contributed by atoms with Gasteiger partial charge in [-0.05, 0) is 91.0 Å². The third-order valence-electron chi connectivity index (χ3n) is 12.3. The Hall–Kier alpha value is -7.16. The first kappa shape index (κ1) is 45.0. The number of para-hydroxylation sites is 3. The van der Waals surface area contributed by atoms with Crippen LogP contribution in [0.2, 0.25) is 0 Å². The first-order valence-corrected chi connectivity index (χ1v) is 23.5. The summed E-state index contributed by atoms with van der Waals surface area (Å²) in [6.45, 7) is 10.8. The van der Waals surface area contributed by atoms with Crippen molar-refractivity contribution in [3.63, 3.8) is 0 Å². The highest BCUT2D eigenvalue weighted by Crippen LogP contribution is 2.28. The van der Waals surface area contributed by atoms with Gasteiger partial charge in [0.1, 0.15) is 37.1 Å². The van der Waals surface area contributed by atoms with Gasteiger partial charge < -0.3 is 29.3 Å². The highest BCUT2D eigenvalue weighted by atomic mass is 16.5. The third-order valence-corrected chi connectivity index (χ3v) is 12.3. The summed E-state index contributed by atoms with van der Waals surface area (Å²) in [5, 5.41) is 3.78. The van der Waals surface area contributed by atoms with Gasteiger partial charge in [0.25, 0.3) is 0 Å². The summed E-state index contributed by atoms with van der Waals surface area (Å²) in [4.78, 5) is 19.4. The van der Waals surface area contributed by atoms with Crippen LogP contribution in [0.5, 0.6) is 17.2 Å². The monoisotopic (exact) mass is 889 g/mol. The van der Waals surface area contributed by atoms with E-state index in [1.165, 1.54) is 0 Å². The van der Waals surface area contributed by atoms with Crippen molar-refractivity contribution in [3.8, 4) is 17.2 Å². The molecule has 2 aliphatic carbocycles. The average molecular weight is 890 g/mol. The number of aliphatic imine (C=N–C) groups is 2. The maximum atomic E-state index is 6.67. The van der Waals surface area contributed by atoms with Crippen molar-refractivity contribution in [1.82, 2.24) is 15.1 Å². The maximum absolute atomic E-state index is 6.67. The zero-order valence-electron chi connectivity index (χ0n) is 38.2. The Morgan fingerprint density at radius 1 is 0.463 bits per heavy atom. The summed E-state index contributed by atoms with van der Waals surface area (Å²) in [6, 6.07) is 42.5. The molecule has 1 N–H and O–H groups in total. The number of hydrogen-bond donors (Lipinski definition) is 1. The summed E-state index contributed by atoms with van der Waals surface area (Å²) in [5.74, 6) is 2.72. The second-order valence-corrected chi connectivity index (χ2v) is 16.9. The van der Waals surface area contributed by atoms with Crippen LogP contribution in [0.25, 0.3) is 0 Å². The van der Waals surface area contributed by atoms with Crippen molar-refractivity contribution in [1.29, 1.82) is 0 Å². The van der Waals surface area contributed by atoms with Crippen molar-refractivity contribution >= 4 is 35.2 Å². The highest BCUT2D eigenvalue weighted by molar-refractivity contribution is 5.86. The van der Waals surface area contributed by atoms with Crippen LogP contribution in [0, 0.1) is 0 Å². The topological polar surface area (TPSA) is 77.4 Å². The Labute approximate surface area is 395 Å². The van der Waals surface area contributed by atoms with Crippen molar-refractivity contribution < 1.29 is 14.2 Å². The Bertz CT molecular complexity index is 2540. The van der Waals surface area contributed by atoms with Crippen LogP contribution in [0.4, 0.5) is 22.7 Å². The SMILES string of the molecule is C1=CC=CC=1C=Nc1ccc(N2CCN3CCNCc4ccccc4OCCN(CCOc4ccccc4C2)CCOc2ccccc2CN(c2ccc(N=CC4=C=CC=C4)cc2)CC3)cc1. The molecule has 0 aromatic heterocycles. The number of nitrogens with one attached hydrogen (secondary N) is 1. The van der Waals surface area contributed by atoms with Gasteiger partial charge in [-0.15, -0.1) is 11.5 Å². The molecule has 0 saturated carbocycles. The van der Waals surface area contributed by atoms with Crippen molar-refractivity contribution in [2.75, 3.05) is 88.5 Å². The normalized spacial score (nSPS) is 19.5. The first-order valence-electron chi connectivity index (χ1n) is 23.5. The fourth-order valence-corrected chi connectivity index (χ4v) is 8.50. The number of hydrogen-bond acceptors (Lipinski definition) is 10. The number of allylic oxidation sites excluding steroid dienone is 6. The van der Waals surface area contributed by atoms with Gasteiger partial charge in [-0.2, -0.15) is 0 Å². The van der Waals surface area contributed by atoms with Gasteiger partial charge in [0.2, 0.25) is 0 Å². The molecular formula is C57H59N7O3. The molecule has 2 bridgehead atoms. The molecule has 0 atom stereocenters. The van der Waals surface area contributed by atoms with Crippen molar-refractivity contribution in [2.45, 2.75) is 19.6 Å². The number of benzene rings is 5. The van der Waals surface area contributed by atoms with Gasteiger partial charge in [-0.25, -0.2) is 0 Å². The molecule has 0 saturated heterocycles. The quantitative estimate of drug-likeness (QED) is 0.134. The van der Waals surface area contributed by atoms with Crippen LogP contribution in [0.1, 0.15) is 16.7 Å². The fourth-order valence-electron chi connectivity index (χ4n) is 8.50. The van der Waals surface area contributed by atoms with Crippen LogP contribution >= 0.6 is 0 Å². The van der Waals surface area contributed by atoms with E-state index in [1.807, 2.05) is 48.9 Å². The predicted molar refractivity (Wildman–Crippen MR) is 273 cm³/mol. The molecule has 0 unspecified atom stereocenters.